The second-order valence-corrected chi connectivity index (χ2v) is 4.57. The molecule has 0 bridgehead atoms. The summed E-state index contributed by atoms with van der Waals surface area (Å²) in [4.78, 5) is 0. The molecule has 0 radical (unpaired) electrons. The van der Waals surface area contributed by atoms with Crippen molar-refractivity contribution in [2.45, 2.75) is 58.3 Å². The van der Waals surface area contributed by atoms with Crippen molar-refractivity contribution in [2.75, 3.05) is 7.05 Å². The second-order valence-electron chi connectivity index (χ2n) is 4.57. The van der Waals surface area contributed by atoms with Crippen molar-refractivity contribution < 1.29 is 0 Å². The quantitative estimate of drug-likeness (QED) is 0.705. The van der Waals surface area contributed by atoms with Crippen LogP contribution in [0.25, 0.3) is 0 Å². The molecule has 0 spiro atoms. The lowest BCUT2D eigenvalue weighted by atomic mass is 9.91. The van der Waals surface area contributed by atoms with E-state index in [1.54, 1.807) is 5.57 Å². The zero-order chi connectivity index (χ0) is 10.2. The maximum absolute atomic E-state index is 3.15. The van der Waals surface area contributed by atoms with E-state index in [1.165, 1.54) is 51.4 Å². The van der Waals surface area contributed by atoms with Gasteiger partial charge in [0.25, 0.3) is 0 Å². The van der Waals surface area contributed by atoms with Crippen LogP contribution in [0.4, 0.5) is 0 Å². The molecule has 14 heavy (non-hydrogen) atoms. The van der Waals surface area contributed by atoms with Gasteiger partial charge in [0.05, 0.1) is 0 Å². The Morgan fingerprint density at radius 1 is 1.00 bits per heavy atom. The van der Waals surface area contributed by atoms with Crippen LogP contribution in [-0.4, -0.2) is 7.05 Å². The van der Waals surface area contributed by atoms with Gasteiger partial charge in [-0.15, -0.1) is 0 Å². The normalized spacial score (nSPS) is 22.3. The fraction of sp³-hybridized carbons (Fsp3) is 0.846. The van der Waals surface area contributed by atoms with E-state index in [4.69, 9.17) is 0 Å². The van der Waals surface area contributed by atoms with Crippen molar-refractivity contribution in [3.63, 3.8) is 0 Å². The number of hydrogen-bond acceptors (Lipinski definition) is 1. The standard InChI is InChI=1S/C13H25N/c1-12(11-14-2)13-9-7-5-3-4-6-8-10-13/h11,13-14H,3-10H2,1-2H3/b12-11+. The highest BCUT2D eigenvalue weighted by Gasteiger charge is 2.11. The minimum absolute atomic E-state index is 0.848. The molecule has 1 aliphatic carbocycles. The van der Waals surface area contributed by atoms with Gasteiger partial charge in [0, 0.05) is 7.05 Å². The lowest BCUT2D eigenvalue weighted by Crippen LogP contribution is -2.05. The molecule has 1 N–H and O–H groups in total. The average molecular weight is 195 g/mol. The molecule has 0 aromatic heterocycles. The van der Waals surface area contributed by atoms with Crippen LogP contribution in [0.1, 0.15) is 58.3 Å². The van der Waals surface area contributed by atoms with Crippen LogP contribution in [-0.2, 0) is 0 Å². The molecular formula is C13H25N. The first-order chi connectivity index (χ1) is 6.84. The van der Waals surface area contributed by atoms with E-state index in [2.05, 4.69) is 18.4 Å². The van der Waals surface area contributed by atoms with Crippen LogP contribution in [0, 0.1) is 5.92 Å². The van der Waals surface area contributed by atoms with E-state index in [-0.39, 0.29) is 0 Å². The third-order valence-electron chi connectivity index (χ3n) is 3.37. The summed E-state index contributed by atoms with van der Waals surface area (Å²) in [5.41, 5.74) is 1.55. The number of nitrogens with one attached hydrogen (secondary N) is 1. The van der Waals surface area contributed by atoms with Crippen molar-refractivity contribution in [3.8, 4) is 0 Å². The SMILES string of the molecule is CN/C=C(\C)C1CCCCCCCC1. The van der Waals surface area contributed by atoms with Crippen molar-refractivity contribution in [1.29, 1.82) is 0 Å². The van der Waals surface area contributed by atoms with Crippen molar-refractivity contribution in [2.24, 2.45) is 5.92 Å². The van der Waals surface area contributed by atoms with Crippen LogP contribution in [0.5, 0.6) is 0 Å². The van der Waals surface area contributed by atoms with Gasteiger partial charge in [-0.25, -0.2) is 0 Å². The van der Waals surface area contributed by atoms with E-state index in [0.29, 0.717) is 0 Å². The fourth-order valence-corrected chi connectivity index (χ4v) is 2.43. The monoisotopic (exact) mass is 195 g/mol. The zero-order valence-electron chi connectivity index (χ0n) is 9.81. The fourth-order valence-electron chi connectivity index (χ4n) is 2.43. The van der Waals surface area contributed by atoms with Crippen molar-refractivity contribution in [1.82, 2.24) is 5.32 Å². The van der Waals surface area contributed by atoms with Gasteiger partial charge in [-0.3, -0.25) is 0 Å². The maximum atomic E-state index is 3.15. The third-order valence-corrected chi connectivity index (χ3v) is 3.37. The molecule has 0 aromatic carbocycles. The highest BCUT2D eigenvalue weighted by atomic mass is 14.8. The number of allylic oxidation sites excluding steroid dienone is 1. The average Bonchev–Trinajstić information content (AvgIpc) is 2.30. The zero-order valence-corrected chi connectivity index (χ0v) is 9.81. The Bertz CT molecular complexity index is 162. The molecule has 0 aromatic rings. The number of hydrogen-bond donors (Lipinski definition) is 1. The van der Waals surface area contributed by atoms with Gasteiger partial charge in [0.1, 0.15) is 0 Å². The van der Waals surface area contributed by atoms with Gasteiger partial charge >= 0.3 is 0 Å². The molecular weight excluding hydrogens is 170 g/mol. The Hall–Kier alpha value is -0.460. The molecule has 1 aliphatic rings. The van der Waals surface area contributed by atoms with Crippen LogP contribution in [0.15, 0.2) is 11.8 Å². The summed E-state index contributed by atoms with van der Waals surface area (Å²) >= 11 is 0. The minimum Gasteiger partial charge on any atom is -0.394 e. The van der Waals surface area contributed by atoms with Gasteiger partial charge in [-0.2, -0.15) is 0 Å². The summed E-state index contributed by atoms with van der Waals surface area (Å²) in [5, 5.41) is 3.15. The summed E-state index contributed by atoms with van der Waals surface area (Å²) in [7, 11) is 2.00. The predicted molar refractivity (Wildman–Crippen MR) is 63.2 cm³/mol. The lowest BCUT2D eigenvalue weighted by Gasteiger charge is -2.16. The van der Waals surface area contributed by atoms with Gasteiger partial charge in [-0.1, -0.05) is 44.1 Å². The molecule has 0 atom stereocenters. The molecule has 0 saturated heterocycles. The smallest absolute Gasteiger partial charge is 0.00276 e. The largest absolute Gasteiger partial charge is 0.394 e. The summed E-state index contributed by atoms with van der Waals surface area (Å²) in [6.07, 6.45) is 13.7. The first kappa shape index (κ1) is 11.6. The topological polar surface area (TPSA) is 12.0 Å². The van der Waals surface area contributed by atoms with Crippen LogP contribution >= 0.6 is 0 Å². The van der Waals surface area contributed by atoms with Gasteiger partial charge < -0.3 is 5.32 Å². The van der Waals surface area contributed by atoms with E-state index in [1.807, 2.05) is 7.05 Å². The maximum Gasteiger partial charge on any atom is 0.00276 e. The van der Waals surface area contributed by atoms with Crippen LogP contribution in [0.2, 0.25) is 0 Å². The number of rotatable bonds is 2. The summed E-state index contributed by atoms with van der Waals surface area (Å²) in [5.74, 6) is 0.848. The van der Waals surface area contributed by atoms with Crippen molar-refractivity contribution in [3.05, 3.63) is 11.8 Å². The predicted octanol–water partition coefficient (Wildman–Crippen LogP) is 3.86. The Kier molecular flexibility index (Phi) is 5.74. The van der Waals surface area contributed by atoms with Gasteiger partial charge in [0.15, 0.2) is 0 Å². The lowest BCUT2D eigenvalue weighted by molar-refractivity contribution is 0.485. The minimum atomic E-state index is 0.848. The molecule has 1 saturated carbocycles. The molecule has 0 amide bonds. The van der Waals surface area contributed by atoms with Gasteiger partial charge in [-0.05, 0) is 31.9 Å². The highest BCUT2D eigenvalue weighted by Crippen LogP contribution is 2.26. The summed E-state index contributed by atoms with van der Waals surface area (Å²) in [6.45, 7) is 2.28. The van der Waals surface area contributed by atoms with Crippen LogP contribution in [0.3, 0.4) is 0 Å². The Labute approximate surface area is 89.0 Å². The molecule has 1 nitrogen and oxygen atoms in total. The van der Waals surface area contributed by atoms with Crippen molar-refractivity contribution >= 4 is 0 Å². The molecule has 82 valence electrons. The highest BCUT2D eigenvalue weighted by molar-refractivity contribution is 5.01. The Morgan fingerprint density at radius 3 is 2.00 bits per heavy atom. The Balaban J connectivity index is 2.43. The molecule has 1 rings (SSSR count). The second kappa shape index (κ2) is 6.92. The van der Waals surface area contributed by atoms with Gasteiger partial charge in [0.2, 0.25) is 0 Å². The molecule has 0 heterocycles. The summed E-state index contributed by atoms with van der Waals surface area (Å²) < 4.78 is 0. The van der Waals surface area contributed by atoms with Crippen LogP contribution < -0.4 is 5.32 Å². The first-order valence-electron chi connectivity index (χ1n) is 6.18. The summed E-state index contributed by atoms with van der Waals surface area (Å²) in [6, 6.07) is 0. The molecule has 1 heteroatoms. The Morgan fingerprint density at radius 2 is 1.50 bits per heavy atom. The molecule has 0 aliphatic heterocycles. The molecule has 0 unspecified atom stereocenters. The van der Waals surface area contributed by atoms with E-state index < -0.39 is 0 Å². The third kappa shape index (κ3) is 4.17. The first-order valence-corrected chi connectivity index (χ1v) is 6.18. The van der Waals surface area contributed by atoms with E-state index in [9.17, 15) is 0 Å². The van der Waals surface area contributed by atoms with E-state index >= 15 is 0 Å². The molecule has 1 fully saturated rings. The van der Waals surface area contributed by atoms with E-state index in [0.717, 1.165) is 5.92 Å².